The van der Waals surface area contributed by atoms with E-state index >= 15 is 0 Å². The van der Waals surface area contributed by atoms with Crippen LogP contribution in [0.1, 0.15) is 0 Å². The Morgan fingerprint density at radius 3 is 0.500 bits per heavy atom. The fourth-order valence-corrected chi connectivity index (χ4v) is 0. The molecular formula is F3Mg-. The minimum atomic E-state index is 0. The predicted molar refractivity (Wildman–Crippen MR) is 5.75 cm³/mol. The van der Waals surface area contributed by atoms with Crippen molar-refractivity contribution >= 4 is 23.1 Å². The largest absolute Gasteiger partial charge is 2.00 e. The van der Waals surface area contributed by atoms with Crippen LogP contribution >= 0.6 is 0 Å². The molecule has 0 aromatic carbocycles. The van der Waals surface area contributed by atoms with E-state index in [0.717, 1.165) is 0 Å². The molecule has 0 N–H and O–H groups in total. The van der Waals surface area contributed by atoms with Crippen LogP contribution in [0.4, 0.5) is 0 Å². The molecule has 4 heavy (non-hydrogen) atoms. The fraction of sp³-hybridized carbons (Fsp3) is 0. The summed E-state index contributed by atoms with van der Waals surface area (Å²) in [7, 11) is 0. The first-order chi connectivity index (χ1) is 0. The van der Waals surface area contributed by atoms with Crippen molar-refractivity contribution in [2.24, 2.45) is 0 Å². The van der Waals surface area contributed by atoms with Gasteiger partial charge in [-0.25, -0.2) is 0 Å². The van der Waals surface area contributed by atoms with E-state index in [1.54, 1.807) is 0 Å². The third-order valence-electron chi connectivity index (χ3n) is 0. The number of hydrogen-bond acceptors (Lipinski definition) is 0. The maximum Gasteiger partial charge on any atom is 2.00 e. The number of rotatable bonds is 0. The second kappa shape index (κ2) is 75.1. The molecule has 0 nitrogen and oxygen atoms in total. The average Bonchev–Trinajstić information content (AvgIpc) is 0. The maximum absolute atomic E-state index is 0. The minimum Gasteiger partial charge on any atom is -1.00 e. The molecule has 0 rings (SSSR count). The van der Waals surface area contributed by atoms with Crippen LogP contribution in [0.3, 0.4) is 0 Å². The normalized spacial score (nSPS) is 0. The molecule has 0 saturated carbocycles. The van der Waals surface area contributed by atoms with Gasteiger partial charge in [0.05, 0.1) is 0 Å². The Bertz CT molecular complexity index is 3.25. The van der Waals surface area contributed by atoms with E-state index in [-0.39, 0.29) is 37.2 Å². The van der Waals surface area contributed by atoms with Crippen LogP contribution in [0.25, 0.3) is 0 Å². The average molecular weight is 81.3 g/mol. The van der Waals surface area contributed by atoms with Gasteiger partial charge in [-0.2, -0.15) is 0 Å². The fourth-order valence-electron chi connectivity index (χ4n) is 0. The first kappa shape index (κ1) is 186. The van der Waals surface area contributed by atoms with E-state index in [1.807, 2.05) is 0 Å². The second-order valence-electron chi connectivity index (χ2n) is 0. The summed E-state index contributed by atoms with van der Waals surface area (Å²) in [5.74, 6) is 0. The van der Waals surface area contributed by atoms with Gasteiger partial charge in [-0.15, -0.1) is 0 Å². The summed E-state index contributed by atoms with van der Waals surface area (Å²) in [4.78, 5) is 0. The van der Waals surface area contributed by atoms with Crippen molar-refractivity contribution in [1.29, 1.82) is 0 Å². The molecule has 0 aliphatic carbocycles. The second-order valence-corrected chi connectivity index (χ2v) is 0. The van der Waals surface area contributed by atoms with Crippen LogP contribution < -0.4 is 14.1 Å². The van der Waals surface area contributed by atoms with Crippen LogP contribution in [0, 0.1) is 0 Å². The van der Waals surface area contributed by atoms with Crippen molar-refractivity contribution in [2.75, 3.05) is 0 Å². The smallest absolute Gasteiger partial charge is 1.00 e. The molecule has 24 valence electrons. The van der Waals surface area contributed by atoms with Crippen LogP contribution in [0.2, 0.25) is 0 Å². The van der Waals surface area contributed by atoms with Gasteiger partial charge in [-0.3, -0.25) is 0 Å². The summed E-state index contributed by atoms with van der Waals surface area (Å²) >= 11 is 0. The summed E-state index contributed by atoms with van der Waals surface area (Å²) in [6.45, 7) is 0. The van der Waals surface area contributed by atoms with Crippen LogP contribution in [0.15, 0.2) is 0 Å². The van der Waals surface area contributed by atoms with Crippen LogP contribution in [0.5, 0.6) is 0 Å². The molecule has 0 radical (unpaired) electrons. The van der Waals surface area contributed by atoms with E-state index in [0.29, 0.717) is 0 Å². The summed E-state index contributed by atoms with van der Waals surface area (Å²) in [6, 6.07) is 0. The Hall–Kier alpha value is 0.556. The molecular weight excluding hydrogens is 81.3 g/mol. The number of hydrogen-bond donors (Lipinski definition) is 0. The molecule has 4 heteroatoms. The zero-order valence-corrected chi connectivity index (χ0v) is 3.26. The Kier molecular flexibility index (Phi) is 3500. The molecule has 0 amide bonds. The quantitative estimate of drug-likeness (QED) is 0.254. The monoisotopic (exact) mass is 81.0 g/mol. The van der Waals surface area contributed by atoms with Gasteiger partial charge in [0.25, 0.3) is 0 Å². The standard InChI is InChI=1S/3FH.Mg/h3*1H;/q;;;+2/p-3. The van der Waals surface area contributed by atoms with Crippen LogP contribution in [-0.4, -0.2) is 23.1 Å². The summed E-state index contributed by atoms with van der Waals surface area (Å²) in [5.41, 5.74) is 0. The van der Waals surface area contributed by atoms with Crippen molar-refractivity contribution in [3.05, 3.63) is 0 Å². The van der Waals surface area contributed by atoms with Gasteiger partial charge in [0.1, 0.15) is 0 Å². The molecule has 0 aliphatic heterocycles. The van der Waals surface area contributed by atoms with Crippen molar-refractivity contribution < 1.29 is 14.1 Å². The molecule has 0 fully saturated rings. The maximum atomic E-state index is 0. The molecule has 0 bridgehead atoms. The Morgan fingerprint density at radius 2 is 0.500 bits per heavy atom. The van der Waals surface area contributed by atoms with Crippen molar-refractivity contribution in [1.82, 2.24) is 0 Å². The number of halogens is 3. The van der Waals surface area contributed by atoms with E-state index in [9.17, 15) is 0 Å². The van der Waals surface area contributed by atoms with Gasteiger partial charge in [0.2, 0.25) is 0 Å². The van der Waals surface area contributed by atoms with E-state index in [2.05, 4.69) is 0 Å². The predicted octanol–water partition coefficient (Wildman–Crippen LogP) is -9.37. The Balaban J connectivity index is 0. The van der Waals surface area contributed by atoms with Crippen molar-refractivity contribution in [3.8, 4) is 0 Å². The topological polar surface area (TPSA) is 0 Å². The van der Waals surface area contributed by atoms with Gasteiger partial charge in [0.15, 0.2) is 0 Å². The minimum absolute atomic E-state index is 0. The summed E-state index contributed by atoms with van der Waals surface area (Å²) in [5, 5.41) is 0. The van der Waals surface area contributed by atoms with Crippen molar-refractivity contribution in [2.45, 2.75) is 0 Å². The molecule has 0 unspecified atom stereocenters. The zero-order valence-electron chi connectivity index (χ0n) is 1.84. The molecule has 0 aliphatic rings. The Labute approximate surface area is 37.8 Å². The van der Waals surface area contributed by atoms with E-state index in [1.165, 1.54) is 0 Å². The molecule has 0 saturated heterocycles. The SMILES string of the molecule is [F-].[F-].[F-].[Mg+2]. The molecule has 0 heterocycles. The van der Waals surface area contributed by atoms with Crippen LogP contribution in [-0.2, 0) is 0 Å². The van der Waals surface area contributed by atoms with Gasteiger partial charge in [0, 0.05) is 0 Å². The Morgan fingerprint density at radius 1 is 0.500 bits per heavy atom. The van der Waals surface area contributed by atoms with Gasteiger partial charge >= 0.3 is 23.1 Å². The van der Waals surface area contributed by atoms with Gasteiger partial charge < -0.3 is 14.1 Å². The molecule has 0 atom stereocenters. The summed E-state index contributed by atoms with van der Waals surface area (Å²) in [6.07, 6.45) is 0. The third kappa shape index (κ3) is 20.0. The van der Waals surface area contributed by atoms with E-state index in [4.69, 9.17) is 0 Å². The first-order valence-electron chi connectivity index (χ1n) is 0. The van der Waals surface area contributed by atoms with E-state index < -0.39 is 0 Å². The van der Waals surface area contributed by atoms with Gasteiger partial charge in [-0.05, 0) is 0 Å². The first-order valence-corrected chi connectivity index (χ1v) is 0. The molecule has 0 spiro atoms. The van der Waals surface area contributed by atoms with Gasteiger partial charge in [-0.1, -0.05) is 0 Å². The zero-order chi connectivity index (χ0) is 0. The van der Waals surface area contributed by atoms with Crippen molar-refractivity contribution in [3.63, 3.8) is 0 Å². The molecule has 0 aromatic rings. The molecule has 0 aromatic heterocycles. The third-order valence-corrected chi connectivity index (χ3v) is 0. The summed E-state index contributed by atoms with van der Waals surface area (Å²) < 4.78 is 0.